The zero-order valence-electron chi connectivity index (χ0n) is 8.44. The third-order valence-corrected chi connectivity index (χ3v) is 2.31. The van der Waals surface area contributed by atoms with Gasteiger partial charge in [-0.15, -0.1) is 0 Å². The van der Waals surface area contributed by atoms with Crippen LogP contribution in [0.15, 0.2) is 12.1 Å². The van der Waals surface area contributed by atoms with Gasteiger partial charge in [0.05, 0.1) is 22.5 Å². The molecule has 0 saturated heterocycles. The van der Waals surface area contributed by atoms with Gasteiger partial charge in [-0.3, -0.25) is 0 Å². The highest BCUT2D eigenvalue weighted by Gasteiger charge is 2.10. The summed E-state index contributed by atoms with van der Waals surface area (Å²) in [5, 5.41) is 19.4. The van der Waals surface area contributed by atoms with Crippen molar-refractivity contribution in [2.24, 2.45) is 0 Å². The Balaban J connectivity index is 2.69. The van der Waals surface area contributed by atoms with Crippen molar-refractivity contribution in [1.29, 1.82) is 0 Å². The van der Waals surface area contributed by atoms with Gasteiger partial charge in [0.2, 0.25) is 5.88 Å². The van der Waals surface area contributed by atoms with Crippen LogP contribution in [0.5, 0.6) is 17.6 Å². The first-order chi connectivity index (χ1) is 7.61. The molecule has 0 aliphatic heterocycles. The van der Waals surface area contributed by atoms with E-state index in [9.17, 15) is 5.11 Å². The Kier molecular flexibility index (Phi) is 2.70. The summed E-state index contributed by atoms with van der Waals surface area (Å²) in [4.78, 5) is 7.18. The lowest BCUT2D eigenvalue weighted by molar-refractivity contribution is 0.340. The van der Waals surface area contributed by atoms with Gasteiger partial charge < -0.3 is 14.9 Å². The molecule has 0 radical (unpaired) electrons. The molecule has 6 heteroatoms. The van der Waals surface area contributed by atoms with E-state index in [2.05, 4.69) is 9.97 Å². The lowest BCUT2D eigenvalue weighted by atomic mass is 10.2. The van der Waals surface area contributed by atoms with E-state index in [4.69, 9.17) is 21.4 Å². The number of aromatic nitrogens is 2. The third-order valence-electron chi connectivity index (χ3n) is 2.02. The van der Waals surface area contributed by atoms with E-state index in [1.54, 1.807) is 0 Å². The summed E-state index contributed by atoms with van der Waals surface area (Å²) in [5.74, 6) is 0.140. The van der Waals surface area contributed by atoms with Crippen molar-refractivity contribution in [2.45, 2.75) is 6.92 Å². The Labute approximate surface area is 96.3 Å². The van der Waals surface area contributed by atoms with E-state index >= 15 is 0 Å². The number of benzene rings is 1. The zero-order valence-corrected chi connectivity index (χ0v) is 9.19. The third kappa shape index (κ3) is 1.81. The van der Waals surface area contributed by atoms with Gasteiger partial charge in [-0.05, 0) is 19.1 Å². The Hall–Kier alpha value is -1.75. The van der Waals surface area contributed by atoms with E-state index in [-0.39, 0.29) is 5.88 Å². The maximum absolute atomic E-state index is 9.53. The average molecular weight is 241 g/mol. The molecule has 0 unspecified atom stereocenters. The van der Waals surface area contributed by atoms with Crippen LogP contribution in [-0.2, 0) is 0 Å². The van der Waals surface area contributed by atoms with Crippen molar-refractivity contribution in [2.75, 3.05) is 6.61 Å². The van der Waals surface area contributed by atoms with Gasteiger partial charge in [-0.1, -0.05) is 11.6 Å². The van der Waals surface area contributed by atoms with Crippen molar-refractivity contribution in [1.82, 2.24) is 9.97 Å². The van der Waals surface area contributed by atoms with E-state index in [1.807, 2.05) is 6.92 Å². The second-order valence-electron chi connectivity index (χ2n) is 3.08. The summed E-state index contributed by atoms with van der Waals surface area (Å²) < 4.78 is 5.27. The highest BCUT2D eigenvalue weighted by atomic mass is 35.5. The normalized spacial score (nSPS) is 10.6. The molecular weight excluding hydrogens is 232 g/mol. The summed E-state index contributed by atoms with van der Waals surface area (Å²) in [6, 6.07) is 2.55. The first-order valence-corrected chi connectivity index (χ1v) is 5.01. The van der Waals surface area contributed by atoms with E-state index in [0.717, 1.165) is 0 Å². The fourth-order valence-corrected chi connectivity index (χ4v) is 1.58. The first-order valence-electron chi connectivity index (χ1n) is 4.64. The molecule has 2 rings (SSSR count). The second kappa shape index (κ2) is 4.02. The molecule has 0 aliphatic rings. The minimum atomic E-state index is -0.495. The van der Waals surface area contributed by atoms with Crippen LogP contribution in [0, 0.1) is 0 Å². The van der Waals surface area contributed by atoms with Gasteiger partial charge in [0.15, 0.2) is 0 Å². The number of aromatic hydroxyl groups is 2. The van der Waals surface area contributed by atoms with Gasteiger partial charge in [0, 0.05) is 0 Å². The summed E-state index contributed by atoms with van der Waals surface area (Å²) in [5.41, 5.74) is 0.360. The maximum atomic E-state index is 9.53. The van der Waals surface area contributed by atoms with Crippen LogP contribution in [0.4, 0.5) is 0 Å². The number of nitrogens with zero attached hydrogens (tertiary/aromatic N) is 2. The van der Waals surface area contributed by atoms with E-state index in [1.165, 1.54) is 12.1 Å². The smallest absolute Gasteiger partial charge is 0.317 e. The van der Waals surface area contributed by atoms with Crippen molar-refractivity contribution in [3.8, 4) is 17.6 Å². The van der Waals surface area contributed by atoms with Gasteiger partial charge in [-0.2, -0.15) is 9.97 Å². The second-order valence-corrected chi connectivity index (χ2v) is 3.49. The number of ether oxygens (including phenoxy) is 1. The molecule has 1 aromatic heterocycles. The Morgan fingerprint density at radius 3 is 2.75 bits per heavy atom. The molecule has 16 heavy (non-hydrogen) atoms. The van der Waals surface area contributed by atoms with Crippen LogP contribution in [0.3, 0.4) is 0 Å². The van der Waals surface area contributed by atoms with Gasteiger partial charge in [0.25, 0.3) is 0 Å². The molecule has 2 N–H and O–H groups in total. The minimum Gasteiger partial charge on any atom is -0.493 e. The maximum Gasteiger partial charge on any atom is 0.317 e. The number of hydrogen-bond donors (Lipinski definition) is 2. The van der Waals surface area contributed by atoms with Crippen molar-refractivity contribution in [3.63, 3.8) is 0 Å². The minimum absolute atomic E-state index is 0.305. The molecule has 0 bridgehead atoms. The molecule has 0 aliphatic carbocycles. The SMILES string of the molecule is CCOc1cc2c(O)nc(O)nc2cc1Cl. The van der Waals surface area contributed by atoms with Crippen LogP contribution in [-0.4, -0.2) is 26.8 Å². The van der Waals surface area contributed by atoms with Crippen molar-refractivity contribution < 1.29 is 14.9 Å². The summed E-state index contributed by atoms with van der Waals surface area (Å²) in [7, 11) is 0. The monoisotopic (exact) mass is 240 g/mol. The molecule has 5 nitrogen and oxygen atoms in total. The molecule has 0 fully saturated rings. The Morgan fingerprint density at radius 2 is 2.06 bits per heavy atom. The quantitative estimate of drug-likeness (QED) is 0.841. The number of rotatable bonds is 2. The summed E-state index contributed by atoms with van der Waals surface area (Å²) in [6.07, 6.45) is 0. The van der Waals surface area contributed by atoms with Crippen LogP contribution in [0.25, 0.3) is 10.9 Å². The van der Waals surface area contributed by atoms with Gasteiger partial charge >= 0.3 is 6.01 Å². The molecule has 0 amide bonds. The summed E-state index contributed by atoms with van der Waals surface area (Å²) >= 11 is 5.94. The topological polar surface area (TPSA) is 75.5 Å². The molecule has 84 valence electrons. The molecule has 0 saturated carbocycles. The highest BCUT2D eigenvalue weighted by Crippen LogP contribution is 2.33. The van der Waals surface area contributed by atoms with E-state index in [0.29, 0.717) is 28.3 Å². The van der Waals surface area contributed by atoms with Gasteiger partial charge in [0.1, 0.15) is 5.75 Å². The predicted octanol–water partition coefficient (Wildman–Crippen LogP) is 2.09. The number of halogens is 1. The molecule has 0 spiro atoms. The summed E-state index contributed by atoms with van der Waals surface area (Å²) in [6.45, 7) is 2.29. The molecule has 1 heterocycles. The van der Waals surface area contributed by atoms with Crippen LogP contribution < -0.4 is 4.74 Å². The van der Waals surface area contributed by atoms with Crippen LogP contribution >= 0.6 is 11.6 Å². The number of fused-ring (bicyclic) bond motifs is 1. The first kappa shape index (κ1) is 10.8. The van der Waals surface area contributed by atoms with Crippen molar-refractivity contribution in [3.05, 3.63) is 17.2 Å². The standard InChI is InChI=1S/C10H9ClN2O3/c1-2-16-8-3-5-7(4-6(8)11)12-10(15)13-9(5)14/h3-4H,2H2,1H3,(H2,12,13,14,15). The number of hydrogen-bond acceptors (Lipinski definition) is 5. The van der Waals surface area contributed by atoms with Crippen LogP contribution in [0.1, 0.15) is 6.92 Å². The lowest BCUT2D eigenvalue weighted by Crippen LogP contribution is -1.93. The fraction of sp³-hybridized carbons (Fsp3) is 0.200. The molecule has 0 atom stereocenters. The fourth-order valence-electron chi connectivity index (χ4n) is 1.37. The Morgan fingerprint density at radius 1 is 1.31 bits per heavy atom. The Bertz CT molecular complexity index is 545. The van der Waals surface area contributed by atoms with Gasteiger partial charge in [-0.25, -0.2) is 0 Å². The molecular formula is C10H9ClN2O3. The largest absolute Gasteiger partial charge is 0.493 e. The molecule has 1 aromatic carbocycles. The van der Waals surface area contributed by atoms with E-state index < -0.39 is 6.01 Å². The zero-order chi connectivity index (χ0) is 11.7. The van der Waals surface area contributed by atoms with Crippen LogP contribution in [0.2, 0.25) is 5.02 Å². The lowest BCUT2D eigenvalue weighted by Gasteiger charge is -2.07. The highest BCUT2D eigenvalue weighted by molar-refractivity contribution is 6.32. The van der Waals surface area contributed by atoms with Crippen molar-refractivity contribution >= 4 is 22.5 Å². The average Bonchev–Trinajstić information content (AvgIpc) is 2.20. The molecule has 2 aromatic rings. The predicted molar refractivity (Wildman–Crippen MR) is 59.0 cm³/mol.